The van der Waals surface area contributed by atoms with Crippen molar-refractivity contribution in [1.29, 1.82) is 0 Å². The Hall–Kier alpha value is -1.61. The number of para-hydroxylation sites is 1. The molecule has 1 unspecified atom stereocenters. The Balaban J connectivity index is 2.16. The van der Waals surface area contributed by atoms with Gasteiger partial charge in [-0.3, -0.25) is 4.68 Å². The number of rotatable bonds is 5. The van der Waals surface area contributed by atoms with E-state index in [1.807, 2.05) is 24.4 Å². The first-order chi connectivity index (χ1) is 7.83. The summed E-state index contributed by atoms with van der Waals surface area (Å²) in [7, 11) is 0. The van der Waals surface area contributed by atoms with Crippen LogP contribution in [0.2, 0.25) is 0 Å². The number of nitrogens with one attached hydrogen (secondary N) is 1. The molecule has 0 spiro atoms. The molecule has 1 atom stereocenters. The van der Waals surface area contributed by atoms with Gasteiger partial charge in [0.15, 0.2) is 0 Å². The summed E-state index contributed by atoms with van der Waals surface area (Å²) in [6.07, 6.45) is 3.78. The van der Waals surface area contributed by atoms with Gasteiger partial charge in [0.1, 0.15) is 0 Å². The van der Waals surface area contributed by atoms with Crippen LogP contribution in [0.1, 0.15) is 13.0 Å². The summed E-state index contributed by atoms with van der Waals surface area (Å²) in [5.74, 6) is 0. The van der Waals surface area contributed by atoms with Gasteiger partial charge in [0.2, 0.25) is 0 Å². The summed E-state index contributed by atoms with van der Waals surface area (Å²) >= 11 is 0. The Bertz CT molecular complexity index is 473. The van der Waals surface area contributed by atoms with Crippen LogP contribution in [0.5, 0.6) is 0 Å². The van der Waals surface area contributed by atoms with E-state index in [1.165, 1.54) is 10.9 Å². The van der Waals surface area contributed by atoms with E-state index in [2.05, 4.69) is 40.7 Å². The lowest BCUT2D eigenvalue weighted by molar-refractivity contribution is 0.477. The smallest absolute Gasteiger partial charge is 0.0686 e. The fraction of sp³-hybridized carbons (Fsp3) is 0.308. The lowest BCUT2D eigenvalue weighted by Crippen LogP contribution is -2.24. The number of nitrogens with zero attached hydrogens (tertiary/aromatic N) is 2. The first-order valence-electron chi connectivity index (χ1n) is 5.57. The van der Waals surface area contributed by atoms with Crippen molar-refractivity contribution < 1.29 is 0 Å². The van der Waals surface area contributed by atoms with Gasteiger partial charge in [-0.15, -0.1) is 6.58 Å². The highest BCUT2D eigenvalue weighted by atomic mass is 15.3. The second-order valence-corrected chi connectivity index (χ2v) is 3.94. The molecule has 1 aromatic heterocycles. The monoisotopic (exact) mass is 215 g/mol. The largest absolute Gasteiger partial charge is 0.311 e. The summed E-state index contributed by atoms with van der Waals surface area (Å²) in [4.78, 5) is 0. The van der Waals surface area contributed by atoms with Gasteiger partial charge in [0, 0.05) is 18.5 Å². The maximum Gasteiger partial charge on any atom is 0.0686 e. The molecule has 2 rings (SSSR count). The van der Waals surface area contributed by atoms with E-state index in [0.29, 0.717) is 6.04 Å². The number of hydrogen-bond acceptors (Lipinski definition) is 2. The van der Waals surface area contributed by atoms with E-state index in [1.54, 1.807) is 0 Å². The highest BCUT2D eigenvalue weighted by Crippen LogP contribution is 2.16. The summed E-state index contributed by atoms with van der Waals surface area (Å²) in [6.45, 7) is 7.58. The molecule has 0 saturated heterocycles. The zero-order valence-electron chi connectivity index (χ0n) is 9.56. The first kappa shape index (κ1) is 10.9. The van der Waals surface area contributed by atoms with Crippen molar-refractivity contribution in [3.05, 3.63) is 43.1 Å². The first-order valence-corrected chi connectivity index (χ1v) is 5.57. The topological polar surface area (TPSA) is 29.9 Å². The molecule has 84 valence electrons. The maximum atomic E-state index is 4.42. The minimum Gasteiger partial charge on any atom is -0.311 e. The van der Waals surface area contributed by atoms with Crippen LogP contribution < -0.4 is 5.32 Å². The highest BCUT2D eigenvalue weighted by Gasteiger charge is 2.08. The summed E-state index contributed by atoms with van der Waals surface area (Å²) in [5.41, 5.74) is 1.19. The van der Waals surface area contributed by atoms with E-state index in [4.69, 9.17) is 0 Å². The van der Waals surface area contributed by atoms with Gasteiger partial charge in [0.05, 0.1) is 17.8 Å². The minimum atomic E-state index is 0.347. The van der Waals surface area contributed by atoms with Crippen LogP contribution in [0, 0.1) is 0 Å². The van der Waals surface area contributed by atoms with Gasteiger partial charge in [0.25, 0.3) is 0 Å². The van der Waals surface area contributed by atoms with Crippen LogP contribution in [0.3, 0.4) is 0 Å². The van der Waals surface area contributed by atoms with E-state index in [-0.39, 0.29) is 0 Å². The van der Waals surface area contributed by atoms with E-state index in [9.17, 15) is 0 Å². The summed E-state index contributed by atoms with van der Waals surface area (Å²) in [5, 5.41) is 8.93. The maximum absolute atomic E-state index is 4.42. The molecule has 0 aliphatic heterocycles. The normalized spacial score (nSPS) is 12.8. The van der Waals surface area contributed by atoms with Crippen LogP contribution >= 0.6 is 0 Å². The summed E-state index contributed by atoms with van der Waals surface area (Å²) < 4.78 is 2.06. The van der Waals surface area contributed by atoms with Gasteiger partial charge in [-0.1, -0.05) is 24.3 Å². The van der Waals surface area contributed by atoms with Crippen molar-refractivity contribution in [1.82, 2.24) is 15.1 Å². The third-order valence-electron chi connectivity index (χ3n) is 2.65. The molecule has 0 aliphatic rings. The van der Waals surface area contributed by atoms with Gasteiger partial charge in [-0.25, -0.2) is 0 Å². The van der Waals surface area contributed by atoms with Crippen LogP contribution in [0.4, 0.5) is 0 Å². The van der Waals surface area contributed by atoms with Crippen molar-refractivity contribution in [3.8, 4) is 0 Å². The third kappa shape index (κ3) is 2.14. The average Bonchev–Trinajstić information content (AvgIpc) is 2.73. The highest BCUT2D eigenvalue weighted by molar-refractivity contribution is 5.78. The molecule has 0 bridgehead atoms. The number of hydrogen-bond donors (Lipinski definition) is 1. The van der Waals surface area contributed by atoms with Gasteiger partial charge < -0.3 is 5.32 Å². The second-order valence-electron chi connectivity index (χ2n) is 3.94. The molecule has 2 aromatic rings. The molecule has 0 amide bonds. The van der Waals surface area contributed by atoms with Crippen LogP contribution in [-0.4, -0.2) is 22.9 Å². The summed E-state index contributed by atoms with van der Waals surface area (Å²) in [6, 6.07) is 8.62. The van der Waals surface area contributed by atoms with E-state index >= 15 is 0 Å². The van der Waals surface area contributed by atoms with Crippen molar-refractivity contribution in [2.45, 2.75) is 13.0 Å². The molecule has 0 radical (unpaired) electrons. The Morgan fingerprint density at radius 1 is 1.50 bits per heavy atom. The van der Waals surface area contributed by atoms with Crippen molar-refractivity contribution in [2.24, 2.45) is 0 Å². The minimum absolute atomic E-state index is 0.347. The second kappa shape index (κ2) is 4.94. The van der Waals surface area contributed by atoms with Crippen LogP contribution in [-0.2, 0) is 0 Å². The molecule has 16 heavy (non-hydrogen) atoms. The molecule has 0 aliphatic carbocycles. The number of fused-ring (bicyclic) bond motifs is 1. The molecule has 1 heterocycles. The number of benzene rings is 1. The molecule has 3 nitrogen and oxygen atoms in total. The fourth-order valence-corrected chi connectivity index (χ4v) is 1.82. The molecule has 1 N–H and O–H groups in total. The van der Waals surface area contributed by atoms with Gasteiger partial charge in [-0.05, 0) is 13.0 Å². The Morgan fingerprint density at radius 3 is 3.12 bits per heavy atom. The number of aromatic nitrogens is 2. The standard InChI is InChI=1S/C13H17N3/c1-3-8-14-9-11(2)16-13-7-5-4-6-12(13)10-15-16/h3-7,10-11,14H,1,8-9H2,2H3. The predicted molar refractivity (Wildman–Crippen MR) is 67.5 cm³/mol. The molecule has 3 heteroatoms. The SMILES string of the molecule is C=CCNCC(C)n1ncc2ccccc21. The van der Waals surface area contributed by atoms with Crippen molar-refractivity contribution in [2.75, 3.05) is 13.1 Å². The Morgan fingerprint density at radius 2 is 2.31 bits per heavy atom. The van der Waals surface area contributed by atoms with Crippen LogP contribution in [0.15, 0.2) is 43.1 Å². The molecular formula is C13H17N3. The molecular weight excluding hydrogens is 198 g/mol. The van der Waals surface area contributed by atoms with E-state index < -0.39 is 0 Å². The van der Waals surface area contributed by atoms with Crippen molar-refractivity contribution >= 4 is 10.9 Å². The molecule has 0 fully saturated rings. The zero-order chi connectivity index (χ0) is 11.4. The Labute approximate surface area is 95.8 Å². The third-order valence-corrected chi connectivity index (χ3v) is 2.65. The average molecular weight is 215 g/mol. The molecule has 0 saturated carbocycles. The quantitative estimate of drug-likeness (QED) is 0.613. The van der Waals surface area contributed by atoms with E-state index in [0.717, 1.165) is 13.1 Å². The zero-order valence-corrected chi connectivity index (χ0v) is 9.56. The molecule has 1 aromatic carbocycles. The van der Waals surface area contributed by atoms with Crippen LogP contribution in [0.25, 0.3) is 10.9 Å². The van der Waals surface area contributed by atoms with Gasteiger partial charge in [-0.2, -0.15) is 5.10 Å². The van der Waals surface area contributed by atoms with Crippen molar-refractivity contribution in [3.63, 3.8) is 0 Å². The predicted octanol–water partition coefficient (Wildman–Crippen LogP) is 2.37. The lowest BCUT2D eigenvalue weighted by atomic mass is 10.2. The fourth-order valence-electron chi connectivity index (χ4n) is 1.82. The lowest BCUT2D eigenvalue weighted by Gasteiger charge is -2.13. The van der Waals surface area contributed by atoms with Gasteiger partial charge >= 0.3 is 0 Å². The Kier molecular flexibility index (Phi) is 3.37.